The quantitative estimate of drug-likeness (QED) is 0.814. The van der Waals surface area contributed by atoms with Gasteiger partial charge in [0.05, 0.1) is 12.8 Å². The van der Waals surface area contributed by atoms with Crippen LogP contribution < -0.4 is 4.74 Å². The molecule has 1 aromatic carbocycles. The lowest BCUT2D eigenvalue weighted by Crippen LogP contribution is -2.15. The van der Waals surface area contributed by atoms with Crippen LogP contribution in [0.3, 0.4) is 0 Å². The van der Waals surface area contributed by atoms with Gasteiger partial charge in [0.25, 0.3) is 0 Å². The third-order valence-electron chi connectivity index (χ3n) is 3.81. The number of ether oxygens (including phenoxy) is 1. The van der Waals surface area contributed by atoms with Gasteiger partial charge < -0.3 is 9.64 Å². The minimum Gasteiger partial charge on any atom is -0.497 e. The van der Waals surface area contributed by atoms with Crippen molar-refractivity contribution in [2.24, 2.45) is 4.99 Å². The van der Waals surface area contributed by atoms with E-state index in [2.05, 4.69) is 54.2 Å². The molecule has 3 heteroatoms. The lowest BCUT2D eigenvalue weighted by Gasteiger charge is -2.23. The van der Waals surface area contributed by atoms with Crippen molar-refractivity contribution in [1.29, 1.82) is 0 Å². The minimum atomic E-state index is 0.853. The van der Waals surface area contributed by atoms with Crippen molar-refractivity contribution in [1.82, 2.24) is 4.90 Å². The first-order valence-electron chi connectivity index (χ1n) is 6.92. The van der Waals surface area contributed by atoms with Gasteiger partial charge in [0.15, 0.2) is 0 Å². The molecule has 0 saturated heterocycles. The molecule has 2 aliphatic rings. The van der Waals surface area contributed by atoms with Crippen molar-refractivity contribution in [3.8, 4) is 5.75 Å². The molecule has 3 nitrogen and oxygen atoms in total. The third-order valence-corrected chi connectivity index (χ3v) is 3.81. The highest BCUT2D eigenvalue weighted by molar-refractivity contribution is 6.16. The number of allylic oxidation sites excluding steroid dienone is 7. The Morgan fingerprint density at radius 3 is 2.90 bits per heavy atom. The van der Waals surface area contributed by atoms with Gasteiger partial charge >= 0.3 is 0 Å². The zero-order valence-corrected chi connectivity index (χ0v) is 12.5. The standard InChI is InChI=1S/C18H18N2O/c1-13-5-4-6-15(20(13)2)8-7-14-12-19-18-10-9-16(21-3)11-17(14)18/h4-12H,1-3H3/b14-7+,15-8+. The maximum absolute atomic E-state index is 5.29. The van der Waals surface area contributed by atoms with E-state index in [4.69, 9.17) is 4.74 Å². The van der Waals surface area contributed by atoms with Gasteiger partial charge in [-0.25, -0.2) is 0 Å². The lowest BCUT2D eigenvalue weighted by atomic mass is 10.1. The molecule has 21 heavy (non-hydrogen) atoms. The van der Waals surface area contributed by atoms with Crippen molar-refractivity contribution in [2.45, 2.75) is 6.92 Å². The van der Waals surface area contributed by atoms with Gasteiger partial charge in [-0.2, -0.15) is 0 Å². The van der Waals surface area contributed by atoms with E-state index in [0.717, 1.165) is 28.3 Å². The number of methoxy groups -OCH3 is 1. The molecule has 0 bridgehead atoms. The summed E-state index contributed by atoms with van der Waals surface area (Å²) in [4.78, 5) is 6.60. The molecule has 0 aromatic heterocycles. The number of nitrogens with zero attached hydrogens (tertiary/aromatic N) is 2. The maximum atomic E-state index is 5.29. The SMILES string of the molecule is COc1ccc2c(c1)/C(=C/C=C1\C=CC=C(C)N1C)C=N2. The summed E-state index contributed by atoms with van der Waals surface area (Å²) in [5.41, 5.74) is 5.59. The second-order valence-electron chi connectivity index (χ2n) is 5.08. The Kier molecular flexibility index (Phi) is 3.48. The van der Waals surface area contributed by atoms with Crippen LogP contribution in [0.25, 0.3) is 5.57 Å². The third kappa shape index (κ3) is 2.55. The summed E-state index contributed by atoms with van der Waals surface area (Å²) >= 11 is 0. The fraction of sp³-hybridized carbons (Fsp3) is 0.167. The zero-order chi connectivity index (χ0) is 14.8. The first-order chi connectivity index (χ1) is 10.2. The maximum Gasteiger partial charge on any atom is 0.119 e. The van der Waals surface area contributed by atoms with E-state index in [1.54, 1.807) is 7.11 Å². The van der Waals surface area contributed by atoms with Crippen LogP contribution in [-0.4, -0.2) is 25.3 Å². The molecule has 1 aromatic rings. The zero-order valence-electron chi connectivity index (χ0n) is 12.5. The van der Waals surface area contributed by atoms with Crippen molar-refractivity contribution in [3.63, 3.8) is 0 Å². The fourth-order valence-electron chi connectivity index (χ4n) is 2.38. The number of likely N-dealkylation sites (N-methyl/N-ethyl adjacent to an activating group) is 1. The molecule has 0 fully saturated rings. The van der Waals surface area contributed by atoms with Crippen LogP contribution in [0, 0.1) is 0 Å². The molecule has 2 heterocycles. The summed E-state index contributed by atoms with van der Waals surface area (Å²) in [5.74, 6) is 0.853. The van der Waals surface area contributed by atoms with Gasteiger partial charge in [-0.15, -0.1) is 0 Å². The summed E-state index contributed by atoms with van der Waals surface area (Å²) in [6.07, 6.45) is 12.4. The molecule has 0 aliphatic carbocycles. The van der Waals surface area contributed by atoms with Crippen LogP contribution in [-0.2, 0) is 0 Å². The fourth-order valence-corrected chi connectivity index (χ4v) is 2.38. The summed E-state index contributed by atoms with van der Waals surface area (Å²) < 4.78 is 5.29. The van der Waals surface area contributed by atoms with Crippen molar-refractivity contribution in [2.75, 3.05) is 14.2 Å². The summed E-state index contributed by atoms with van der Waals surface area (Å²) in [6.45, 7) is 2.10. The Morgan fingerprint density at radius 2 is 2.10 bits per heavy atom. The molecule has 0 saturated carbocycles. The van der Waals surface area contributed by atoms with E-state index in [1.165, 1.54) is 5.70 Å². The molecule has 0 radical (unpaired) electrons. The number of fused-ring (bicyclic) bond motifs is 1. The van der Waals surface area contributed by atoms with E-state index in [-0.39, 0.29) is 0 Å². The second-order valence-corrected chi connectivity index (χ2v) is 5.08. The number of hydrogen-bond acceptors (Lipinski definition) is 3. The van der Waals surface area contributed by atoms with Crippen LogP contribution in [0.2, 0.25) is 0 Å². The Morgan fingerprint density at radius 1 is 1.24 bits per heavy atom. The van der Waals surface area contributed by atoms with Crippen molar-refractivity contribution >= 4 is 17.5 Å². The molecular formula is C18H18N2O. The molecule has 106 valence electrons. The normalized spacial score (nSPS) is 20.1. The monoisotopic (exact) mass is 278 g/mol. The Labute approximate surface area is 125 Å². The molecule has 2 aliphatic heterocycles. The van der Waals surface area contributed by atoms with Crippen molar-refractivity contribution < 1.29 is 4.74 Å². The van der Waals surface area contributed by atoms with Crippen LogP contribution in [0.15, 0.2) is 65.0 Å². The van der Waals surface area contributed by atoms with Crippen LogP contribution in [0.4, 0.5) is 5.69 Å². The smallest absolute Gasteiger partial charge is 0.119 e. The molecule has 3 rings (SSSR count). The van der Waals surface area contributed by atoms with Gasteiger partial charge in [-0.3, -0.25) is 4.99 Å². The predicted octanol–water partition coefficient (Wildman–Crippen LogP) is 4.08. The van der Waals surface area contributed by atoms with Gasteiger partial charge in [0, 0.05) is 35.8 Å². The van der Waals surface area contributed by atoms with Crippen LogP contribution in [0.1, 0.15) is 12.5 Å². The van der Waals surface area contributed by atoms with E-state index >= 15 is 0 Å². The Bertz CT molecular complexity index is 721. The summed E-state index contributed by atoms with van der Waals surface area (Å²) in [6, 6.07) is 5.94. The first-order valence-corrected chi connectivity index (χ1v) is 6.92. The highest BCUT2D eigenvalue weighted by Gasteiger charge is 2.13. The topological polar surface area (TPSA) is 24.8 Å². The van der Waals surface area contributed by atoms with E-state index < -0.39 is 0 Å². The number of rotatable bonds is 2. The molecule has 0 unspecified atom stereocenters. The average Bonchev–Trinajstić information content (AvgIpc) is 2.91. The van der Waals surface area contributed by atoms with E-state index in [1.807, 2.05) is 24.4 Å². The second kappa shape index (κ2) is 5.44. The number of benzene rings is 1. The van der Waals surface area contributed by atoms with E-state index in [0.29, 0.717) is 0 Å². The molecule has 0 spiro atoms. The minimum absolute atomic E-state index is 0.853. The predicted molar refractivity (Wildman–Crippen MR) is 87.9 cm³/mol. The first kappa shape index (κ1) is 13.4. The number of aliphatic imine (C=N–C) groups is 1. The summed E-state index contributed by atoms with van der Waals surface area (Å²) in [7, 11) is 3.75. The number of hydrogen-bond donors (Lipinski definition) is 0. The van der Waals surface area contributed by atoms with Gasteiger partial charge in [0.1, 0.15) is 5.75 Å². The average molecular weight is 278 g/mol. The Balaban J connectivity index is 1.92. The molecule has 0 atom stereocenters. The molecule has 0 N–H and O–H groups in total. The van der Waals surface area contributed by atoms with Crippen LogP contribution >= 0.6 is 0 Å². The molecule has 0 amide bonds. The largest absolute Gasteiger partial charge is 0.497 e. The van der Waals surface area contributed by atoms with Gasteiger partial charge in [-0.1, -0.05) is 12.2 Å². The van der Waals surface area contributed by atoms with E-state index in [9.17, 15) is 0 Å². The van der Waals surface area contributed by atoms with Crippen molar-refractivity contribution in [3.05, 3.63) is 65.5 Å². The highest BCUT2D eigenvalue weighted by Crippen LogP contribution is 2.34. The Hall–Kier alpha value is -2.55. The summed E-state index contributed by atoms with van der Waals surface area (Å²) in [5, 5.41) is 0. The van der Waals surface area contributed by atoms with Gasteiger partial charge in [-0.05, 0) is 43.4 Å². The highest BCUT2D eigenvalue weighted by atomic mass is 16.5. The molecular weight excluding hydrogens is 260 g/mol. The van der Waals surface area contributed by atoms with Gasteiger partial charge in [0.2, 0.25) is 0 Å². The van der Waals surface area contributed by atoms with Crippen LogP contribution in [0.5, 0.6) is 5.75 Å². The lowest BCUT2D eigenvalue weighted by molar-refractivity contribution is 0.415.